The van der Waals surface area contributed by atoms with Crippen LogP contribution in [0.3, 0.4) is 0 Å². The van der Waals surface area contributed by atoms with E-state index in [1.165, 1.54) is 17.3 Å². The zero-order valence-corrected chi connectivity index (χ0v) is 9.41. The van der Waals surface area contributed by atoms with E-state index in [0.29, 0.717) is 0 Å². The molecule has 82 valence electrons. The topological polar surface area (TPSA) is 61.0 Å². The first-order valence-electron chi connectivity index (χ1n) is 5.13. The summed E-state index contributed by atoms with van der Waals surface area (Å²) in [7, 11) is 0. The van der Waals surface area contributed by atoms with Gasteiger partial charge < -0.3 is 10.5 Å². The maximum atomic E-state index is 6.12. The molecule has 1 aromatic carbocycles. The number of benzene rings is 1. The van der Waals surface area contributed by atoms with Crippen LogP contribution < -0.4 is 10.5 Å². The molecule has 3 rings (SSSR count). The molecule has 16 heavy (non-hydrogen) atoms. The highest BCUT2D eigenvalue weighted by molar-refractivity contribution is 6.99. The fraction of sp³-hybridized carbons (Fsp3) is 0.273. The van der Waals surface area contributed by atoms with Crippen molar-refractivity contribution < 1.29 is 4.74 Å². The molecule has 0 saturated carbocycles. The van der Waals surface area contributed by atoms with E-state index in [0.717, 1.165) is 30.0 Å². The SMILES string of the molecule is NC(c1ccc2c(c1)CCO2)c1cnsn1. The molecule has 1 atom stereocenters. The van der Waals surface area contributed by atoms with Gasteiger partial charge in [0.25, 0.3) is 0 Å². The standard InChI is InChI=1S/C11H11N3OS/c12-11(9-6-13-16-14-9)8-1-2-10-7(5-8)3-4-15-10/h1-2,5-6,11H,3-4,12H2. The van der Waals surface area contributed by atoms with Gasteiger partial charge in [-0.25, -0.2) is 0 Å². The Labute approximate surface area is 97.4 Å². The Balaban J connectivity index is 1.95. The van der Waals surface area contributed by atoms with Crippen molar-refractivity contribution in [1.82, 2.24) is 8.75 Å². The maximum absolute atomic E-state index is 6.12. The highest BCUT2D eigenvalue weighted by atomic mass is 32.1. The second-order valence-electron chi connectivity index (χ2n) is 3.78. The van der Waals surface area contributed by atoms with Crippen molar-refractivity contribution in [3.63, 3.8) is 0 Å². The van der Waals surface area contributed by atoms with Crippen molar-refractivity contribution in [3.05, 3.63) is 41.2 Å². The molecule has 1 unspecified atom stereocenters. The van der Waals surface area contributed by atoms with Crippen LogP contribution in [0.2, 0.25) is 0 Å². The van der Waals surface area contributed by atoms with E-state index >= 15 is 0 Å². The molecule has 5 heteroatoms. The van der Waals surface area contributed by atoms with Gasteiger partial charge in [0.2, 0.25) is 0 Å². The Morgan fingerprint density at radius 2 is 2.38 bits per heavy atom. The largest absolute Gasteiger partial charge is 0.493 e. The second-order valence-corrected chi connectivity index (χ2v) is 4.33. The smallest absolute Gasteiger partial charge is 0.122 e. The van der Waals surface area contributed by atoms with E-state index in [2.05, 4.69) is 14.8 Å². The molecule has 0 amide bonds. The molecule has 1 aliphatic heterocycles. The second kappa shape index (κ2) is 3.84. The lowest BCUT2D eigenvalue weighted by Crippen LogP contribution is -2.12. The van der Waals surface area contributed by atoms with Crippen molar-refractivity contribution in [2.45, 2.75) is 12.5 Å². The molecule has 0 radical (unpaired) electrons. The number of nitrogens with two attached hydrogens (primary N) is 1. The van der Waals surface area contributed by atoms with Crippen LogP contribution in [-0.2, 0) is 6.42 Å². The third-order valence-electron chi connectivity index (χ3n) is 2.77. The average molecular weight is 233 g/mol. The normalized spacial score (nSPS) is 15.6. The lowest BCUT2D eigenvalue weighted by molar-refractivity contribution is 0.357. The third-order valence-corrected chi connectivity index (χ3v) is 3.26. The molecule has 2 heterocycles. The quantitative estimate of drug-likeness (QED) is 0.854. The number of fused-ring (bicyclic) bond motifs is 1. The minimum absolute atomic E-state index is 0.190. The third kappa shape index (κ3) is 1.58. The van der Waals surface area contributed by atoms with Gasteiger partial charge in [0.1, 0.15) is 5.75 Å². The minimum Gasteiger partial charge on any atom is -0.493 e. The summed E-state index contributed by atoms with van der Waals surface area (Å²) in [4.78, 5) is 0. The lowest BCUT2D eigenvalue weighted by Gasteiger charge is -2.09. The molecule has 0 spiro atoms. The predicted molar refractivity (Wildman–Crippen MR) is 61.6 cm³/mol. The monoisotopic (exact) mass is 233 g/mol. The molecular formula is C11H11N3OS. The first-order chi connectivity index (χ1) is 7.84. The van der Waals surface area contributed by atoms with Gasteiger partial charge in [0.15, 0.2) is 0 Å². The minimum atomic E-state index is -0.190. The molecule has 1 aromatic heterocycles. The van der Waals surface area contributed by atoms with Crippen molar-refractivity contribution in [2.75, 3.05) is 6.61 Å². The van der Waals surface area contributed by atoms with Gasteiger partial charge in [-0.1, -0.05) is 12.1 Å². The van der Waals surface area contributed by atoms with Crippen molar-refractivity contribution in [3.8, 4) is 5.75 Å². The zero-order valence-electron chi connectivity index (χ0n) is 8.59. The van der Waals surface area contributed by atoms with E-state index < -0.39 is 0 Å². The Bertz CT molecular complexity index is 498. The average Bonchev–Trinajstić information content (AvgIpc) is 2.98. The Morgan fingerprint density at radius 3 is 3.19 bits per heavy atom. The van der Waals surface area contributed by atoms with E-state index in [9.17, 15) is 0 Å². The van der Waals surface area contributed by atoms with Crippen LogP contribution in [0.1, 0.15) is 22.9 Å². The summed E-state index contributed by atoms with van der Waals surface area (Å²) >= 11 is 1.18. The van der Waals surface area contributed by atoms with E-state index in [-0.39, 0.29) is 6.04 Å². The highest BCUT2D eigenvalue weighted by Crippen LogP contribution is 2.29. The molecule has 0 fully saturated rings. The van der Waals surface area contributed by atoms with Crippen LogP contribution in [0.4, 0.5) is 0 Å². The number of rotatable bonds is 2. The summed E-state index contributed by atoms with van der Waals surface area (Å²) in [6, 6.07) is 5.89. The summed E-state index contributed by atoms with van der Waals surface area (Å²) < 4.78 is 13.6. The van der Waals surface area contributed by atoms with E-state index in [4.69, 9.17) is 10.5 Å². The van der Waals surface area contributed by atoms with E-state index in [1.807, 2.05) is 12.1 Å². The first-order valence-corrected chi connectivity index (χ1v) is 5.86. The van der Waals surface area contributed by atoms with Crippen LogP contribution in [0.15, 0.2) is 24.4 Å². The molecule has 1 aliphatic rings. The van der Waals surface area contributed by atoms with Gasteiger partial charge in [-0.15, -0.1) is 0 Å². The van der Waals surface area contributed by atoms with Gasteiger partial charge in [-0.2, -0.15) is 8.75 Å². The zero-order chi connectivity index (χ0) is 11.0. The van der Waals surface area contributed by atoms with Gasteiger partial charge in [-0.05, 0) is 17.2 Å². The fourth-order valence-electron chi connectivity index (χ4n) is 1.88. The number of nitrogens with zero attached hydrogens (tertiary/aromatic N) is 2. The Hall–Kier alpha value is -1.46. The summed E-state index contributed by atoms with van der Waals surface area (Å²) in [5.41, 5.74) is 9.24. The number of ether oxygens (including phenoxy) is 1. The molecule has 0 saturated heterocycles. The summed E-state index contributed by atoms with van der Waals surface area (Å²) in [5, 5.41) is 0. The first kappa shape index (κ1) is 9.74. The number of hydrogen-bond acceptors (Lipinski definition) is 5. The van der Waals surface area contributed by atoms with Crippen LogP contribution in [0.5, 0.6) is 5.75 Å². The summed E-state index contributed by atoms with van der Waals surface area (Å²) in [5.74, 6) is 0.979. The molecule has 2 N–H and O–H groups in total. The maximum Gasteiger partial charge on any atom is 0.122 e. The van der Waals surface area contributed by atoms with Gasteiger partial charge in [0.05, 0.1) is 36.3 Å². The van der Waals surface area contributed by atoms with Crippen molar-refractivity contribution in [1.29, 1.82) is 0 Å². The van der Waals surface area contributed by atoms with Gasteiger partial charge >= 0.3 is 0 Å². The fourth-order valence-corrected chi connectivity index (χ4v) is 2.34. The summed E-state index contributed by atoms with van der Waals surface area (Å²) in [6.45, 7) is 0.770. The van der Waals surface area contributed by atoms with Crippen LogP contribution >= 0.6 is 11.7 Å². The Kier molecular flexibility index (Phi) is 2.34. The number of hydrogen-bond donors (Lipinski definition) is 1. The summed E-state index contributed by atoms with van der Waals surface area (Å²) in [6.07, 6.45) is 2.68. The van der Waals surface area contributed by atoms with Gasteiger partial charge in [-0.3, -0.25) is 0 Å². The van der Waals surface area contributed by atoms with Crippen LogP contribution in [0.25, 0.3) is 0 Å². The predicted octanol–water partition coefficient (Wildman–Crippen LogP) is 1.52. The van der Waals surface area contributed by atoms with Crippen molar-refractivity contribution >= 4 is 11.7 Å². The lowest BCUT2D eigenvalue weighted by atomic mass is 10.0. The molecule has 4 nitrogen and oxygen atoms in total. The Morgan fingerprint density at radius 1 is 1.44 bits per heavy atom. The molecule has 0 aliphatic carbocycles. The highest BCUT2D eigenvalue weighted by Gasteiger charge is 2.16. The van der Waals surface area contributed by atoms with Gasteiger partial charge in [0, 0.05) is 6.42 Å². The number of aromatic nitrogens is 2. The van der Waals surface area contributed by atoms with Crippen LogP contribution in [0, 0.1) is 0 Å². The van der Waals surface area contributed by atoms with Crippen molar-refractivity contribution in [2.24, 2.45) is 5.73 Å². The van der Waals surface area contributed by atoms with E-state index in [1.54, 1.807) is 6.20 Å². The molecular weight excluding hydrogens is 222 g/mol. The molecule has 2 aromatic rings. The van der Waals surface area contributed by atoms with Crippen LogP contribution in [-0.4, -0.2) is 15.4 Å². The molecule has 0 bridgehead atoms.